The van der Waals surface area contributed by atoms with E-state index in [9.17, 15) is 9.90 Å². The van der Waals surface area contributed by atoms with Gasteiger partial charge in [0.2, 0.25) is 0 Å². The Bertz CT molecular complexity index is 269. The monoisotopic (exact) mass is 258 g/mol. The molecule has 1 aliphatic rings. The molecule has 0 aromatic heterocycles. The van der Waals surface area contributed by atoms with Crippen LogP contribution in [0.25, 0.3) is 0 Å². The number of hydrogen-bond acceptors (Lipinski definition) is 3. The van der Waals surface area contributed by atoms with Crippen LogP contribution in [0.4, 0.5) is 4.79 Å². The zero-order valence-corrected chi connectivity index (χ0v) is 11.7. The molecule has 0 radical (unpaired) electrons. The molecule has 1 rings (SSSR count). The Kier molecular flexibility index (Phi) is 5.88. The summed E-state index contributed by atoms with van der Waals surface area (Å²) in [5.74, 6) is 0. The molecule has 0 saturated heterocycles. The van der Waals surface area contributed by atoms with Crippen molar-refractivity contribution in [1.29, 1.82) is 0 Å². The molecule has 5 nitrogen and oxygen atoms in total. The smallest absolute Gasteiger partial charge is 0.315 e. The molecule has 2 amide bonds. The van der Waals surface area contributed by atoms with Gasteiger partial charge < -0.3 is 20.5 Å². The summed E-state index contributed by atoms with van der Waals surface area (Å²) in [5.41, 5.74) is 0.187. The second kappa shape index (κ2) is 6.95. The fraction of sp³-hybridized carbons (Fsp3) is 0.923. The number of rotatable bonds is 6. The summed E-state index contributed by atoms with van der Waals surface area (Å²) in [4.78, 5) is 11.7. The number of urea groups is 1. The van der Waals surface area contributed by atoms with E-state index < -0.39 is 6.10 Å². The van der Waals surface area contributed by atoms with E-state index in [4.69, 9.17) is 4.74 Å². The Morgan fingerprint density at radius 1 is 1.56 bits per heavy atom. The first kappa shape index (κ1) is 15.2. The molecule has 18 heavy (non-hydrogen) atoms. The lowest BCUT2D eigenvalue weighted by Gasteiger charge is -2.27. The summed E-state index contributed by atoms with van der Waals surface area (Å²) in [5, 5.41) is 15.2. The van der Waals surface area contributed by atoms with Gasteiger partial charge in [0.15, 0.2) is 0 Å². The van der Waals surface area contributed by atoms with Gasteiger partial charge >= 0.3 is 6.03 Å². The fourth-order valence-electron chi connectivity index (χ4n) is 2.43. The zero-order valence-electron chi connectivity index (χ0n) is 11.7. The third-order valence-corrected chi connectivity index (χ3v) is 3.68. The highest BCUT2D eigenvalue weighted by Crippen LogP contribution is 2.36. The number of ether oxygens (including phenoxy) is 1. The SMILES string of the molecule is COCC(O)CCNC(=O)NC1CCCC1(C)C. The molecule has 0 aromatic rings. The van der Waals surface area contributed by atoms with E-state index in [0.717, 1.165) is 12.8 Å². The summed E-state index contributed by atoms with van der Waals surface area (Å²) in [6.45, 7) is 5.14. The lowest BCUT2D eigenvalue weighted by atomic mass is 9.87. The van der Waals surface area contributed by atoms with E-state index in [1.807, 2.05) is 0 Å². The number of amides is 2. The predicted molar refractivity (Wildman–Crippen MR) is 70.5 cm³/mol. The molecule has 0 aromatic carbocycles. The lowest BCUT2D eigenvalue weighted by Crippen LogP contribution is -2.47. The zero-order chi connectivity index (χ0) is 13.6. The number of methoxy groups -OCH3 is 1. The van der Waals surface area contributed by atoms with Gasteiger partial charge in [-0.1, -0.05) is 20.3 Å². The molecule has 0 spiro atoms. The van der Waals surface area contributed by atoms with Gasteiger partial charge in [0.25, 0.3) is 0 Å². The first-order valence-electron chi connectivity index (χ1n) is 6.67. The Morgan fingerprint density at radius 2 is 2.28 bits per heavy atom. The highest BCUT2D eigenvalue weighted by Gasteiger charge is 2.35. The van der Waals surface area contributed by atoms with Crippen molar-refractivity contribution in [2.75, 3.05) is 20.3 Å². The average Bonchev–Trinajstić information content (AvgIpc) is 2.58. The topological polar surface area (TPSA) is 70.6 Å². The van der Waals surface area contributed by atoms with Crippen molar-refractivity contribution in [2.24, 2.45) is 5.41 Å². The van der Waals surface area contributed by atoms with Crippen molar-refractivity contribution >= 4 is 6.03 Å². The maximum Gasteiger partial charge on any atom is 0.315 e. The molecule has 3 N–H and O–H groups in total. The predicted octanol–water partition coefficient (Wildman–Crippen LogP) is 1.26. The van der Waals surface area contributed by atoms with Crippen LogP contribution in [0.3, 0.4) is 0 Å². The van der Waals surface area contributed by atoms with Crippen molar-refractivity contribution in [2.45, 2.75) is 51.7 Å². The number of carbonyl (C=O) groups excluding carboxylic acids is 1. The molecular weight excluding hydrogens is 232 g/mol. The molecule has 106 valence electrons. The standard InChI is InChI=1S/C13H26N2O3/c1-13(2)7-4-5-11(13)15-12(17)14-8-6-10(16)9-18-3/h10-11,16H,4-9H2,1-3H3,(H2,14,15,17). The van der Waals surface area contributed by atoms with Gasteiger partial charge in [0.1, 0.15) is 0 Å². The van der Waals surface area contributed by atoms with Gasteiger partial charge in [-0.25, -0.2) is 4.79 Å². The van der Waals surface area contributed by atoms with E-state index in [1.165, 1.54) is 6.42 Å². The van der Waals surface area contributed by atoms with E-state index in [1.54, 1.807) is 7.11 Å². The summed E-state index contributed by atoms with van der Waals surface area (Å²) >= 11 is 0. The van der Waals surface area contributed by atoms with Crippen LogP contribution in [0, 0.1) is 5.41 Å². The van der Waals surface area contributed by atoms with Gasteiger partial charge in [0, 0.05) is 19.7 Å². The molecule has 5 heteroatoms. The van der Waals surface area contributed by atoms with Crippen LogP contribution in [0.5, 0.6) is 0 Å². The number of hydrogen-bond donors (Lipinski definition) is 3. The van der Waals surface area contributed by atoms with Crippen LogP contribution in [-0.4, -0.2) is 43.5 Å². The van der Waals surface area contributed by atoms with E-state index >= 15 is 0 Å². The second-order valence-electron chi connectivity index (χ2n) is 5.73. The minimum atomic E-state index is -0.516. The van der Waals surface area contributed by atoms with Gasteiger partial charge in [0.05, 0.1) is 12.7 Å². The molecule has 0 aliphatic heterocycles. The molecule has 2 atom stereocenters. The third kappa shape index (κ3) is 4.82. The molecule has 0 heterocycles. The van der Waals surface area contributed by atoms with Crippen molar-refractivity contribution in [3.63, 3.8) is 0 Å². The van der Waals surface area contributed by atoms with Crippen LogP contribution in [0.15, 0.2) is 0 Å². The first-order chi connectivity index (χ1) is 8.45. The summed E-state index contributed by atoms with van der Waals surface area (Å²) < 4.78 is 4.82. The first-order valence-corrected chi connectivity index (χ1v) is 6.67. The van der Waals surface area contributed by atoms with Crippen LogP contribution in [0.2, 0.25) is 0 Å². The molecule has 2 unspecified atom stereocenters. The van der Waals surface area contributed by atoms with E-state index in [2.05, 4.69) is 24.5 Å². The lowest BCUT2D eigenvalue weighted by molar-refractivity contribution is 0.0598. The summed E-state index contributed by atoms with van der Waals surface area (Å²) in [6, 6.07) is 0.112. The maximum atomic E-state index is 11.7. The van der Waals surface area contributed by atoms with Crippen LogP contribution < -0.4 is 10.6 Å². The minimum absolute atomic E-state index is 0.139. The Labute approximate surface area is 109 Å². The Morgan fingerprint density at radius 3 is 2.83 bits per heavy atom. The van der Waals surface area contributed by atoms with Crippen molar-refractivity contribution in [1.82, 2.24) is 10.6 Å². The highest BCUT2D eigenvalue weighted by molar-refractivity contribution is 5.74. The average molecular weight is 258 g/mol. The molecule has 1 fully saturated rings. The van der Waals surface area contributed by atoms with Gasteiger partial charge in [-0.2, -0.15) is 0 Å². The van der Waals surface area contributed by atoms with Gasteiger partial charge in [-0.05, 0) is 24.7 Å². The van der Waals surface area contributed by atoms with E-state index in [0.29, 0.717) is 19.6 Å². The van der Waals surface area contributed by atoms with Crippen LogP contribution in [0.1, 0.15) is 39.5 Å². The summed E-state index contributed by atoms with van der Waals surface area (Å²) in [6.07, 6.45) is 3.37. The molecule has 1 saturated carbocycles. The second-order valence-corrected chi connectivity index (χ2v) is 5.73. The number of carbonyl (C=O) groups is 1. The van der Waals surface area contributed by atoms with E-state index in [-0.39, 0.29) is 17.5 Å². The van der Waals surface area contributed by atoms with Crippen LogP contribution in [-0.2, 0) is 4.74 Å². The largest absolute Gasteiger partial charge is 0.391 e. The molecule has 0 bridgehead atoms. The number of nitrogens with one attached hydrogen (secondary N) is 2. The number of aliphatic hydroxyl groups is 1. The molecule has 1 aliphatic carbocycles. The number of aliphatic hydroxyl groups excluding tert-OH is 1. The van der Waals surface area contributed by atoms with Gasteiger partial charge in [-0.3, -0.25) is 0 Å². The van der Waals surface area contributed by atoms with Crippen molar-refractivity contribution in [3.8, 4) is 0 Å². The normalized spacial score (nSPS) is 23.7. The van der Waals surface area contributed by atoms with Crippen molar-refractivity contribution < 1.29 is 14.6 Å². The van der Waals surface area contributed by atoms with Gasteiger partial charge in [-0.15, -0.1) is 0 Å². The fourth-order valence-corrected chi connectivity index (χ4v) is 2.43. The Balaban J connectivity index is 2.18. The maximum absolute atomic E-state index is 11.7. The summed E-state index contributed by atoms with van der Waals surface area (Å²) in [7, 11) is 1.55. The highest BCUT2D eigenvalue weighted by atomic mass is 16.5. The third-order valence-electron chi connectivity index (χ3n) is 3.68. The van der Waals surface area contributed by atoms with Crippen LogP contribution >= 0.6 is 0 Å². The Hall–Kier alpha value is -0.810. The molecular formula is C13H26N2O3. The minimum Gasteiger partial charge on any atom is -0.391 e. The van der Waals surface area contributed by atoms with Crippen molar-refractivity contribution in [3.05, 3.63) is 0 Å². The quantitative estimate of drug-likeness (QED) is 0.672.